The van der Waals surface area contributed by atoms with Crippen molar-refractivity contribution in [3.63, 3.8) is 0 Å². The predicted molar refractivity (Wildman–Crippen MR) is 105 cm³/mol. The van der Waals surface area contributed by atoms with Crippen molar-refractivity contribution in [2.24, 2.45) is 17.6 Å². The van der Waals surface area contributed by atoms with Gasteiger partial charge in [-0.1, -0.05) is 18.2 Å². The minimum absolute atomic E-state index is 0.104. The second-order valence-corrected chi connectivity index (χ2v) is 8.17. The highest BCUT2D eigenvalue weighted by Crippen LogP contribution is 2.37. The fourth-order valence-electron chi connectivity index (χ4n) is 4.89. The van der Waals surface area contributed by atoms with Crippen LogP contribution >= 0.6 is 0 Å². The number of amides is 2. The monoisotopic (exact) mass is 370 g/mol. The average molecular weight is 370 g/mol. The highest BCUT2D eigenvalue weighted by atomic mass is 16.2. The fraction of sp³-hybridized carbons (Fsp3) is 0.619. The van der Waals surface area contributed by atoms with Gasteiger partial charge in [-0.2, -0.15) is 0 Å². The quantitative estimate of drug-likeness (QED) is 0.868. The molecule has 1 aliphatic carbocycles. The lowest BCUT2D eigenvalue weighted by Crippen LogP contribution is -2.49. The van der Waals surface area contributed by atoms with Crippen LogP contribution in [0, 0.1) is 11.8 Å². The second kappa shape index (κ2) is 7.89. The van der Waals surface area contributed by atoms with Crippen LogP contribution in [-0.2, 0) is 9.59 Å². The Morgan fingerprint density at radius 2 is 1.56 bits per heavy atom. The molecule has 146 valence electrons. The average Bonchev–Trinajstić information content (AvgIpc) is 3.29. The lowest BCUT2D eigenvalue weighted by molar-refractivity contribution is -0.136. The summed E-state index contributed by atoms with van der Waals surface area (Å²) in [4.78, 5) is 31.2. The number of anilines is 1. The van der Waals surface area contributed by atoms with Gasteiger partial charge in [0.05, 0.1) is 0 Å². The summed E-state index contributed by atoms with van der Waals surface area (Å²) in [5.41, 5.74) is 7.36. The zero-order valence-corrected chi connectivity index (χ0v) is 15.9. The van der Waals surface area contributed by atoms with Gasteiger partial charge in [0.25, 0.3) is 0 Å². The molecule has 27 heavy (non-hydrogen) atoms. The van der Waals surface area contributed by atoms with E-state index in [4.69, 9.17) is 5.73 Å². The van der Waals surface area contributed by atoms with Crippen LogP contribution in [-0.4, -0.2) is 66.9 Å². The van der Waals surface area contributed by atoms with Gasteiger partial charge in [0, 0.05) is 63.8 Å². The number of benzene rings is 1. The van der Waals surface area contributed by atoms with Crippen LogP contribution in [0.2, 0.25) is 0 Å². The maximum atomic E-state index is 12.5. The first-order valence-electron chi connectivity index (χ1n) is 10.2. The number of carbonyl (C=O) groups is 2. The van der Waals surface area contributed by atoms with Gasteiger partial charge in [-0.05, 0) is 36.8 Å². The number of nitrogens with two attached hydrogens (primary N) is 1. The summed E-state index contributed by atoms with van der Waals surface area (Å²) in [6, 6.07) is 10.5. The van der Waals surface area contributed by atoms with Crippen LogP contribution in [0.4, 0.5) is 5.69 Å². The summed E-state index contributed by atoms with van der Waals surface area (Å²) >= 11 is 0. The molecule has 0 bridgehead atoms. The summed E-state index contributed by atoms with van der Waals surface area (Å²) < 4.78 is 0. The molecule has 2 amide bonds. The fourth-order valence-corrected chi connectivity index (χ4v) is 4.89. The van der Waals surface area contributed by atoms with Gasteiger partial charge in [0.2, 0.25) is 11.8 Å². The third-order valence-corrected chi connectivity index (χ3v) is 6.57. The Morgan fingerprint density at radius 1 is 0.889 bits per heavy atom. The Hall–Kier alpha value is -2.08. The summed E-state index contributed by atoms with van der Waals surface area (Å²) in [7, 11) is 0. The molecule has 6 heteroatoms. The molecule has 0 aromatic heterocycles. The van der Waals surface area contributed by atoms with Crippen molar-refractivity contribution in [3.05, 3.63) is 30.3 Å². The Morgan fingerprint density at radius 3 is 2.22 bits per heavy atom. The lowest BCUT2D eigenvalue weighted by Gasteiger charge is -2.36. The van der Waals surface area contributed by atoms with Crippen LogP contribution in [0.1, 0.15) is 25.7 Å². The van der Waals surface area contributed by atoms with Gasteiger partial charge in [-0.25, -0.2) is 0 Å². The minimum Gasteiger partial charge on any atom is -0.368 e. The number of rotatable bonds is 4. The molecule has 2 aliphatic heterocycles. The Labute approximate surface area is 161 Å². The molecule has 2 heterocycles. The maximum Gasteiger partial charge on any atom is 0.223 e. The van der Waals surface area contributed by atoms with Crippen molar-refractivity contribution >= 4 is 17.5 Å². The van der Waals surface area contributed by atoms with E-state index in [-0.39, 0.29) is 17.9 Å². The molecule has 6 nitrogen and oxygen atoms in total. The van der Waals surface area contributed by atoms with E-state index in [1.165, 1.54) is 5.69 Å². The molecular formula is C21H30N4O2. The van der Waals surface area contributed by atoms with E-state index in [1.807, 2.05) is 28.0 Å². The van der Waals surface area contributed by atoms with Crippen LogP contribution < -0.4 is 10.6 Å². The first-order valence-corrected chi connectivity index (χ1v) is 10.2. The second-order valence-electron chi connectivity index (χ2n) is 8.17. The number of carbonyl (C=O) groups excluding carboxylic acids is 2. The van der Waals surface area contributed by atoms with Crippen molar-refractivity contribution < 1.29 is 9.59 Å². The van der Waals surface area contributed by atoms with Crippen LogP contribution in [0.25, 0.3) is 0 Å². The first kappa shape index (κ1) is 18.3. The highest BCUT2D eigenvalue weighted by molar-refractivity contribution is 5.84. The Kier molecular flexibility index (Phi) is 5.34. The summed E-state index contributed by atoms with van der Waals surface area (Å²) in [5, 5.41) is 0. The molecule has 1 aromatic rings. The van der Waals surface area contributed by atoms with E-state index in [1.54, 1.807) is 0 Å². The number of hydrogen-bond acceptors (Lipinski definition) is 4. The van der Waals surface area contributed by atoms with Crippen LogP contribution in [0.5, 0.6) is 0 Å². The summed E-state index contributed by atoms with van der Waals surface area (Å²) in [6.45, 7) is 4.76. The molecule has 0 spiro atoms. The third-order valence-electron chi connectivity index (χ3n) is 6.57. The number of piperazine rings is 1. The largest absolute Gasteiger partial charge is 0.368 e. The molecular weight excluding hydrogens is 340 g/mol. The van der Waals surface area contributed by atoms with Crippen molar-refractivity contribution in [1.82, 2.24) is 9.80 Å². The topological polar surface area (TPSA) is 69.9 Å². The maximum absolute atomic E-state index is 12.5. The molecule has 3 fully saturated rings. The molecule has 3 atom stereocenters. The Bertz CT molecular complexity index is 672. The standard InChI is InChI=1S/C21H30N4O2/c22-19-7-6-16-14-25(15-18(16)19)21(27)9-8-20(26)24-12-10-23(11-13-24)17-4-2-1-3-5-17/h1-5,16,18-19H,6-15,22H2. The first-order chi connectivity index (χ1) is 13.1. The van der Waals surface area contributed by atoms with E-state index in [0.29, 0.717) is 24.7 Å². The van der Waals surface area contributed by atoms with Gasteiger partial charge in [-0.15, -0.1) is 0 Å². The normalized spacial score (nSPS) is 27.7. The van der Waals surface area contributed by atoms with Gasteiger partial charge < -0.3 is 20.4 Å². The number of likely N-dealkylation sites (tertiary alicyclic amines) is 1. The number of para-hydroxylation sites is 1. The molecule has 1 saturated carbocycles. The number of nitrogens with zero attached hydrogens (tertiary/aromatic N) is 3. The van der Waals surface area contributed by atoms with Crippen LogP contribution in [0.3, 0.4) is 0 Å². The third kappa shape index (κ3) is 3.95. The van der Waals surface area contributed by atoms with Gasteiger partial charge in [0.1, 0.15) is 0 Å². The van der Waals surface area contributed by atoms with Crippen molar-refractivity contribution in [1.29, 1.82) is 0 Å². The molecule has 3 aliphatic rings. The molecule has 1 aromatic carbocycles. The Balaban J connectivity index is 1.21. The number of fused-ring (bicyclic) bond motifs is 1. The smallest absolute Gasteiger partial charge is 0.223 e. The lowest BCUT2D eigenvalue weighted by atomic mass is 9.98. The van der Waals surface area contributed by atoms with Crippen LogP contribution in [0.15, 0.2) is 30.3 Å². The molecule has 0 radical (unpaired) electrons. The molecule has 2 N–H and O–H groups in total. The van der Waals surface area contributed by atoms with Gasteiger partial charge in [-0.3, -0.25) is 9.59 Å². The highest BCUT2D eigenvalue weighted by Gasteiger charge is 2.42. The van der Waals surface area contributed by atoms with E-state index < -0.39 is 0 Å². The van der Waals surface area contributed by atoms with Crippen molar-refractivity contribution in [2.75, 3.05) is 44.2 Å². The zero-order chi connectivity index (χ0) is 18.8. The molecule has 4 rings (SSSR count). The predicted octanol–water partition coefficient (Wildman–Crippen LogP) is 1.31. The summed E-state index contributed by atoms with van der Waals surface area (Å²) in [6.07, 6.45) is 2.87. The SMILES string of the molecule is NC1CCC2CN(C(=O)CCC(=O)N3CCN(c4ccccc4)CC3)CC12. The zero-order valence-electron chi connectivity index (χ0n) is 15.9. The van der Waals surface area contributed by atoms with Crippen molar-refractivity contribution in [2.45, 2.75) is 31.7 Å². The van der Waals surface area contributed by atoms with Crippen molar-refractivity contribution in [3.8, 4) is 0 Å². The molecule has 2 saturated heterocycles. The van der Waals surface area contributed by atoms with E-state index >= 15 is 0 Å². The van der Waals surface area contributed by atoms with Gasteiger partial charge in [0.15, 0.2) is 0 Å². The minimum atomic E-state index is 0.104. The number of hydrogen-bond donors (Lipinski definition) is 1. The van der Waals surface area contributed by atoms with E-state index in [9.17, 15) is 9.59 Å². The van der Waals surface area contributed by atoms with E-state index in [2.05, 4.69) is 17.0 Å². The van der Waals surface area contributed by atoms with E-state index in [0.717, 1.165) is 52.1 Å². The summed E-state index contributed by atoms with van der Waals surface area (Å²) in [5.74, 6) is 1.27. The van der Waals surface area contributed by atoms with Gasteiger partial charge >= 0.3 is 0 Å². The molecule has 3 unspecified atom stereocenters.